The van der Waals surface area contributed by atoms with Gasteiger partial charge < -0.3 is 9.84 Å². The van der Waals surface area contributed by atoms with Crippen LogP contribution in [0.25, 0.3) is 0 Å². The molecule has 2 aromatic carbocycles. The molecule has 1 N–H and O–H groups in total. The molecule has 0 aromatic heterocycles. The van der Waals surface area contributed by atoms with Crippen molar-refractivity contribution in [1.82, 2.24) is 4.90 Å². The highest BCUT2D eigenvalue weighted by Crippen LogP contribution is 2.24. The van der Waals surface area contributed by atoms with Crippen molar-refractivity contribution in [2.24, 2.45) is 0 Å². The number of aliphatic hydroxyl groups is 1. The number of aliphatic hydroxyl groups excluding tert-OH is 1. The summed E-state index contributed by atoms with van der Waals surface area (Å²) in [5.41, 5.74) is 1.42. The van der Waals surface area contributed by atoms with E-state index in [4.69, 9.17) is 4.74 Å². The van der Waals surface area contributed by atoms with E-state index < -0.39 is 6.10 Å². The van der Waals surface area contributed by atoms with Crippen LogP contribution in [-0.2, 0) is 0 Å². The van der Waals surface area contributed by atoms with Gasteiger partial charge in [-0.2, -0.15) is 0 Å². The highest BCUT2D eigenvalue weighted by molar-refractivity contribution is 5.34. The molecule has 2 aromatic rings. The van der Waals surface area contributed by atoms with Gasteiger partial charge in [0.25, 0.3) is 0 Å². The molecule has 0 aliphatic carbocycles. The average Bonchev–Trinajstić information content (AvgIpc) is 2.58. The van der Waals surface area contributed by atoms with Gasteiger partial charge in [-0.3, -0.25) is 4.90 Å². The summed E-state index contributed by atoms with van der Waals surface area (Å²) in [6, 6.07) is 14.3. The molecule has 0 amide bonds. The molecule has 0 bridgehead atoms. The van der Waals surface area contributed by atoms with E-state index in [1.165, 1.54) is 12.1 Å². The van der Waals surface area contributed by atoms with Gasteiger partial charge in [0, 0.05) is 18.6 Å². The molecule has 0 saturated carbocycles. The van der Waals surface area contributed by atoms with Gasteiger partial charge in [0.1, 0.15) is 24.3 Å². The lowest BCUT2D eigenvalue weighted by molar-refractivity contribution is 0.142. The molecule has 1 atom stereocenters. The van der Waals surface area contributed by atoms with Gasteiger partial charge in [-0.15, -0.1) is 0 Å². The largest absolute Gasteiger partial charge is 0.492 e. The molecule has 0 saturated heterocycles. The summed E-state index contributed by atoms with van der Waals surface area (Å²) in [6.07, 6.45) is -0.771. The quantitative estimate of drug-likeness (QED) is 0.769. The standard InChI is InChI=1S/C21H28FNO2/c1-15(2)23(16(3)4)13-14-25-20-11-7-18(8-12-20)21(24)17-5-9-19(22)10-6-17/h5-12,15-16,21,24H,13-14H2,1-4H3. The first kappa shape index (κ1) is 19.4. The Morgan fingerprint density at radius 2 is 1.36 bits per heavy atom. The first-order chi connectivity index (χ1) is 11.9. The number of benzene rings is 2. The van der Waals surface area contributed by atoms with Crippen molar-refractivity contribution in [3.8, 4) is 5.75 Å². The van der Waals surface area contributed by atoms with E-state index in [-0.39, 0.29) is 5.82 Å². The van der Waals surface area contributed by atoms with Crippen molar-refractivity contribution < 1.29 is 14.2 Å². The van der Waals surface area contributed by atoms with E-state index in [1.54, 1.807) is 12.1 Å². The normalized spacial score (nSPS) is 12.8. The minimum atomic E-state index is -0.771. The molecular formula is C21H28FNO2. The summed E-state index contributed by atoms with van der Waals surface area (Å²) >= 11 is 0. The fourth-order valence-corrected chi connectivity index (χ4v) is 2.97. The lowest BCUT2D eigenvalue weighted by Gasteiger charge is -2.30. The number of halogens is 1. The Kier molecular flexibility index (Phi) is 6.97. The van der Waals surface area contributed by atoms with Crippen molar-refractivity contribution in [1.29, 1.82) is 0 Å². The second kappa shape index (κ2) is 8.97. The van der Waals surface area contributed by atoms with E-state index in [0.717, 1.165) is 17.9 Å². The molecule has 0 aliphatic rings. The van der Waals surface area contributed by atoms with Crippen LogP contribution in [0, 0.1) is 5.82 Å². The smallest absolute Gasteiger partial charge is 0.123 e. The van der Waals surface area contributed by atoms with Gasteiger partial charge >= 0.3 is 0 Å². The molecular weight excluding hydrogens is 317 g/mol. The van der Waals surface area contributed by atoms with Crippen molar-refractivity contribution in [2.75, 3.05) is 13.2 Å². The van der Waals surface area contributed by atoms with Crippen LogP contribution in [0.5, 0.6) is 5.75 Å². The number of hydrogen-bond donors (Lipinski definition) is 1. The van der Waals surface area contributed by atoms with Gasteiger partial charge in [-0.25, -0.2) is 4.39 Å². The number of ether oxygens (including phenoxy) is 1. The second-order valence-electron chi connectivity index (χ2n) is 6.80. The van der Waals surface area contributed by atoms with Gasteiger partial charge in [0.05, 0.1) is 0 Å². The first-order valence-electron chi connectivity index (χ1n) is 8.80. The lowest BCUT2D eigenvalue weighted by Crippen LogP contribution is -2.39. The highest BCUT2D eigenvalue weighted by Gasteiger charge is 2.13. The molecule has 3 nitrogen and oxygen atoms in total. The minimum Gasteiger partial charge on any atom is -0.492 e. The summed E-state index contributed by atoms with van der Waals surface area (Å²) in [5.74, 6) is 0.471. The molecule has 1 unspecified atom stereocenters. The third-order valence-corrected chi connectivity index (χ3v) is 4.33. The lowest BCUT2D eigenvalue weighted by atomic mass is 10.0. The third kappa shape index (κ3) is 5.55. The monoisotopic (exact) mass is 345 g/mol. The molecule has 25 heavy (non-hydrogen) atoms. The fourth-order valence-electron chi connectivity index (χ4n) is 2.97. The van der Waals surface area contributed by atoms with Crippen LogP contribution in [0.3, 0.4) is 0 Å². The fraction of sp³-hybridized carbons (Fsp3) is 0.429. The van der Waals surface area contributed by atoms with Crippen LogP contribution in [0.2, 0.25) is 0 Å². The molecule has 4 heteroatoms. The predicted molar refractivity (Wildman–Crippen MR) is 99.4 cm³/mol. The third-order valence-electron chi connectivity index (χ3n) is 4.33. The van der Waals surface area contributed by atoms with E-state index >= 15 is 0 Å². The van der Waals surface area contributed by atoms with Crippen LogP contribution in [0.4, 0.5) is 4.39 Å². The molecule has 0 heterocycles. The zero-order chi connectivity index (χ0) is 18.4. The summed E-state index contributed by atoms with van der Waals surface area (Å²) in [6.45, 7) is 10.2. The average molecular weight is 345 g/mol. The Hall–Kier alpha value is -1.91. The van der Waals surface area contributed by atoms with Gasteiger partial charge in [0.2, 0.25) is 0 Å². The van der Waals surface area contributed by atoms with Crippen molar-refractivity contribution in [3.05, 3.63) is 65.5 Å². The summed E-state index contributed by atoms with van der Waals surface area (Å²) in [5, 5.41) is 10.4. The molecule has 0 spiro atoms. The van der Waals surface area contributed by atoms with Crippen molar-refractivity contribution in [3.63, 3.8) is 0 Å². The van der Waals surface area contributed by atoms with E-state index in [9.17, 15) is 9.50 Å². The molecule has 0 radical (unpaired) electrons. The Labute approximate surface area is 150 Å². The van der Waals surface area contributed by atoms with Crippen LogP contribution in [-0.4, -0.2) is 35.2 Å². The van der Waals surface area contributed by atoms with E-state index in [2.05, 4.69) is 32.6 Å². The Bertz CT molecular complexity index is 630. The predicted octanol–water partition coefficient (Wildman–Crippen LogP) is 4.41. The summed E-state index contributed by atoms with van der Waals surface area (Å²) in [7, 11) is 0. The van der Waals surface area contributed by atoms with Crippen LogP contribution in [0.15, 0.2) is 48.5 Å². The zero-order valence-corrected chi connectivity index (χ0v) is 15.4. The SMILES string of the molecule is CC(C)N(CCOc1ccc(C(O)c2ccc(F)cc2)cc1)C(C)C. The number of nitrogens with zero attached hydrogens (tertiary/aromatic N) is 1. The molecule has 136 valence electrons. The first-order valence-corrected chi connectivity index (χ1v) is 8.80. The number of rotatable bonds is 8. The van der Waals surface area contributed by atoms with Crippen molar-refractivity contribution in [2.45, 2.75) is 45.9 Å². The number of hydrogen-bond acceptors (Lipinski definition) is 3. The zero-order valence-electron chi connectivity index (χ0n) is 15.4. The van der Waals surface area contributed by atoms with Crippen LogP contribution in [0.1, 0.15) is 44.9 Å². The Morgan fingerprint density at radius 3 is 1.84 bits per heavy atom. The van der Waals surface area contributed by atoms with Crippen LogP contribution < -0.4 is 4.74 Å². The maximum absolute atomic E-state index is 13.0. The highest BCUT2D eigenvalue weighted by atomic mass is 19.1. The Balaban J connectivity index is 1.92. The van der Waals surface area contributed by atoms with E-state index in [0.29, 0.717) is 24.3 Å². The van der Waals surface area contributed by atoms with E-state index in [1.807, 2.05) is 24.3 Å². The summed E-state index contributed by atoms with van der Waals surface area (Å²) in [4.78, 5) is 2.38. The van der Waals surface area contributed by atoms with Gasteiger partial charge in [-0.05, 0) is 63.1 Å². The van der Waals surface area contributed by atoms with Crippen molar-refractivity contribution >= 4 is 0 Å². The maximum Gasteiger partial charge on any atom is 0.123 e. The topological polar surface area (TPSA) is 32.7 Å². The molecule has 0 fully saturated rings. The van der Waals surface area contributed by atoms with Gasteiger partial charge in [-0.1, -0.05) is 24.3 Å². The molecule has 0 aliphatic heterocycles. The second-order valence-corrected chi connectivity index (χ2v) is 6.80. The maximum atomic E-state index is 13.0. The van der Waals surface area contributed by atoms with Crippen LogP contribution >= 0.6 is 0 Å². The Morgan fingerprint density at radius 1 is 0.880 bits per heavy atom. The van der Waals surface area contributed by atoms with Gasteiger partial charge in [0.15, 0.2) is 0 Å². The summed E-state index contributed by atoms with van der Waals surface area (Å²) < 4.78 is 18.8. The minimum absolute atomic E-state index is 0.309. The molecule has 2 rings (SSSR count).